The minimum atomic E-state index is -0.290. The van der Waals surface area contributed by atoms with Crippen LogP contribution in [0.5, 0.6) is 11.5 Å². The Bertz CT molecular complexity index is 715. The molecule has 0 fully saturated rings. The Morgan fingerprint density at radius 3 is 2.67 bits per heavy atom. The lowest BCUT2D eigenvalue weighted by Crippen LogP contribution is -2.17. The molecule has 0 atom stereocenters. The molecule has 0 aliphatic carbocycles. The van der Waals surface area contributed by atoms with Gasteiger partial charge < -0.3 is 9.47 Å². The number of amides is 1. The fourth-order valence-electron chi connectivity index (χ4n) is 1.95. The molecule has 6 heteroatoms. The van der Waals surface area contributed by atoms with Crippen LogP contribution in [0.15, 0.2) is 52.0 Å². The highest BCUT2D eigenvalue weighted by molar-refractivity contribution is 9.10. The largest absolute Gasteiger partial charge is 0.496 e. The monoisotopic (exact) mass is 390 g/mol. The predicted octanol–water partition coefficient (Wildman–Crippen LogP) is 4.01. The summed E-state index contributed by atoms with van der Waals surface area (Å²) in [5, 5.41) is 3.98. The lowest BCUT2D eigenvalue weighted by Gasteiger charge is -2.06. The van der Waals surface area contributed by atoms with Gasteiger partial charge in [0.2, 0.25) is 0 Å². The molecule has 5 nitrogen and oxygen atoms in total. The molecule has 2 aromatic carbocycles. The molecular formula is C18H19BrN2O3. The molecule has 0 bridgehead atoms. The summed E-state index contributed by atoms with van der Waals surface area (Å²) < 4.78 is 11.6. The van der Waals surface area contributed by atoms with Gasteiger partial charge in [-0.05, 0) is 48.9 Å². The first-order valence-electron chi connectivity index (χ1n) is 7.54. The molecule has 0 saturated heterocycles. The van der Waals surface area contributed by atoms with E-state index in [0.29, 0.717) is 17.9 Å². The van der Waals surface area contributed by atoms with Crippen molar-refractivity contribution in [2.24, 2.45) is 5.10 Å². The van der Waals surface area contributed by atoms with Gasteiger partial charge in [0.25, 0.3) is 5.91 Å². The first kappa shape index (κ1) is 18.0. The van der Waals surface area contributed by atoms with E-state index in [9.17, 15) is 4.79 Å². The van der Waals surface area contributed by atoms with Crippen LogP contribution in [0, 0.1) is 0 Å². The summed E-state index contributed by atoms with van der Waals surface area (Å²) in [5.74, 6) is 1.13. The van der Waals surface area contributed by atoms with E-state index in [1.165, 1.54) is 0 Å². The molecule has 0 heterocycles. The molecule has 24 heavy (non-hydrogen) atoms. The zero-order chi connectivity index (χ0) is 17.4. The number of nitrogens with zero attached hydrogens (tertiary/aromatic N) is 1. The Kier molecular flexibility index (Phi) is 6.81. The van der Waals surface area contributed by atoms with Crippen LogP contribution in [0.3, 0.4) is 0 Å². The van der Waals surface area contributed by atoms with Gasteiger partial charge in [-0.3, -0.25) is 4.79 Å². The van der Waals surface area contributed by atoms with Crippen molar-refractivity contribution < 1.29 is 14.3 Å². The first-order valence-corrected chi connectivity index (χ1v) is 8.33. The number of benzene rings is 2. The Morgan fingerprint density at radius 2 is 2.00 bits per heavy atom. The highest BCUT2D eigenvalue weighted by Crippen LogP contribution is 2.21. The number of halogens is 1. The number of carbonyl (C=O) groups excluding carboxylic acids is 1. The van der Waals surface area contributed by atoms with Crippen molar-refractivity contribution in [3.63, 3.8) is 0 Å². The smallest absolute Gasteiger partial charge is 0.271 e. The molecule has 0 aliphatic rings. The molecule has 0 unspecified atom stereocenters. The SMILES string of the molecule is CCCOc1ccc(C(=O)N/N=C\c2cc(Br)ccc2OC)cc1. The van der Waals surface area contributed by atoms with Crippen LogP contribution in [0.4, 0.5) is 0 Å². The van der Waals surface area contributed by atoms with Crippen LogP contribution in [-0.4, -0.2) is 25.8 Å². The molecule has 2 aromatic rings. The fraction of sp³-hybridized carbons (Fsp3) is 0.222. The van der Waals surface area contributed by atoms with Crippen LogP contribution in [0.1, 0.15) is 29.3 Å². The third-order valence-electron chi connectivity index (χ3n) is 3.15. The number of rotatable bonds is 7. The first-order chi connectivity index (χ1) is 11.6. The van der Waals surface area contributed by atoms with Crippen LogP contribution < -0.4 is 14.9 Å². The fourth-order valence-corrected chi connectivity index (χ4v) is 2.33. The van der Waals surface area contributed by atoms with E-state index in [1.54, 1.807) is 37.6 Å². The second-order valence-electron chi connectivity index (χ2n) is 4.96. The molecular weight excluding hydrogens is 372 g/mol. The summed E-state index contributed by atoms with van der Waals surface area (Å²) in [4.78, 5) is 12.1. The van der Waals surface area contributed by atoms with Crippen molar-refractivity contribution in [3.05, 3.63) is 58.1 Å². The van der Waals surface area contributed by atoms with Crippen molar-refractivity contribution in [1.82, 2.24) is 5.43 Å². The van der Waals surface area contributed by atoms with Gasteiger partial charge in [-0.25, -0.2) is 5.43 Å². The van der Waals surface area contributed by atoms with E-state index in [0.717, 1.165) is 22.2 Å². The van der Waals surface area contributed by atoms with Crippen LogP contribution in [0.2, 0.25) is 0 Å². The maximum absolute atomic E-state index is 12.1. The lowest BCUT2D eigenvalue weighted by molar-refractivity contribution is 0.0955. The number of methoxy groups -OCH3 is 1. The van der Waals surface area contributed by atoms with E-state index < -0.39 is 0 Å². The maximum Gasteiger partial charge on any atom is 0.271 e. The molecule has 0 radical (unpaired) electrons. The van der Waals surface area contributed by atoms with E-state index in [4.69, 9.17) is 9.47 Å². The van der Waals surface area contributed by atoms with E-state index in [1.807, 2.05) is 25.1 Å². The van der Waals surface area contributed by atoms with Gasteiger partial charge in [-0.2, -0.15) is 5.10 Å². The summed E-state index contributed by atoms with van der Waals surface area (Å²) in [5.41, 5.74) is 3.77. The molecule has 0 spiro atoms. The lowest BCUT2D eigenvalue weighted by atomic mass is 10.2. The minimum Gasteiger partial charge on any atom is -0.496 e. The summed E-state index contributed by atoms with van der Waals surface area (Å²) >= 11 is 3.39. The van der Waals surface area contributed by atoms with Gasteiger partial charge in [0.1, 0.15) is 11.5 Å². The number of hydrazone groups is 1. The van der Waals surface area contributed by atoms with Gasteiger partial charge in [0, 0.05) is 15.6 Å². The molecule has 0 aromatic heterocycles. The summed E-state index contributed by atoms with van der Waals surface area (Å²) in [6, 6.07) is 12.5. The minimum absolute atomic E-state index is 0.290. The molecule has 1 N–H and O–H groups in total. The Balaban J connectivity index is 1.98. The van der Waals surface area contributed by atoms with Crippen molar-refractivity contribution in [2.45, 2.75) is 13.3 Å². The zero-order valence-electron chi connectivity index (χ0n) is 13.6. The zero-order valence-corrected chi connectivity index (χ0v) is 15.2. The van der Waals surface area contributed by atoms with Gasteiger partial charge in [-0.15, -0.1) is 0 Å². The number of carbonyl (C=O) groups is 1. The van der Waals surface area contributed by atoms with Gasteiger partial charge in [-0.1, -0.05) is 22.9 Å². The third kappa shape index (κ3) is 5.09. The highest BCUT2D eigenvalue weighted by Gasteiger charge is 2.05. The van der Waals surface area contributed by atoms with Crippen LogP contribution in [0.25, 0.3) is 0 Å². The van der Waals surface area contributed by atoms with Crippen molar-refractivity contribution in [1.29, 1.82) is 0 Å². The second kappa shape index (κ2) is 9.08. The van der Waals surface area contributed by atoms with Gasteiger partial charge in [0.15, 0.2) is 0 Å². The average Bonchev–Trinajstić information content (AvgIpc) is 2.60. The van der Waals surface area contributed by atoms with Gasteiger partial charge in [0.05, 0.1) is 19.9 Å². The summed E-state index contributed by atoms with van der Waals surface area (Å²) in [7, 11) is 1.58. The topological polar surface area (TPSA) is 59.9 Å². The number of hydrogen-bond acceptors (Lipinski definition) is 4. The van der Waals surface area contributed by atoms with Crippen molar-refractivity contribution >= 4 is 28.1 Å². The van der Waals surface area contributed by atoms with Crippen molar-refractivity contribution in [2.75, 3.05) is 13.7 Å². The van der Waals surface area contributed by atoms with Crippen LogP contribution >= 0.6 is 15.9 Å². The molecule has 126 valence electrons. The highest BCUT2D eigenvalue weighted by atomic mass is 79.9. The van der Waals surface area contributed by atoms with E-state index in [-0.39, 0.29) is 5.91 Å². The van der Waals surface area contributed by atoms with Crippen LogP contribution in [-0.2, 0) is 0 Å². The second-order valence-corrected chi connectivity index (χ2v) is 5.87. The third-order valence-corrected chi connectivity index (χ3v) is 3.64. The summed E-state index contributed by atoms with van der Waals surface area (Å²) in [6.07, 6.45) is 2.48. The Hall–Kier alpha value is -2.34. The standard InChI is InChI=1S/C18H19BrN2O3/c1-3-10-24-16-7-4-13(5-8-16)18(22)21-20-12-14-11-15(19)6-9-17(14)23-2/h4-9,11-12H,3,10H2,1-2H3,(H,21,22)/b20-12-. The van der Waals surface area contributed by atoms with E-state index >= 15 is 0 Å². The normalized spacial score (nSPS) is 10.6. The number of nitrogens with one attached hydrogen (secondary N) is 1. The predicted molar refractivity (Wildman–Crippen MR) is 98.0 cm³/mol. The quantitative estimate of drug-likeness (QED) is 0.573. The van der Waals surface area contributed by atoms with Crippen molar-refractivity contribution in [3.8, 4) is 11.5 Å². The molecule has 0 aliphatic heterocycles. The molecule has 0 saturated carbocycles. The Morgan fingerprint density at radius 1 is 1.25 bits per heavy atom. The molecule has 2 rings (SSSR count). The molecule has 1 amide bonds. The summed E-state index contributed by atoms with van der Waals surface area (Å²) in [6.45, 7) is 2.70. The Labute approximate surface area is 149 Å². The average molecular weight is 391 g/mol. The number of hydrogen-bond donors (Lipinski definition) is 1. The van der Waals surface area contributed by atoms with E-state index in [2.05, 4.69) is 26.5 Å². The maximum atomic E-state index is 12.1. The van der Waals surface area contributed by atoms with Gasteiger partial charge >= 0.3 is 0 Å². The number of ether oxygens (including phenoxy) is 2.